The van der Waals surface area contributed by atoms with Crippen LogP contribution < -0.4 is 5.32 Å². The maximum atomic E-state index is 4.80. The second-order valence-electron chi connectivity index (χ2n) is 9.14. The van der Waals surface area contributed by atoms with Crippen LogP contribution in [-0.2, 0) is 20.1 Å². The molecule has 0 bridgehead atoms. The first-order chi connectivity index (χ1) is 15.7. The quantitative estimate of drug-likeness (QED) is 0.507. The number of hydrogen-bond acceptors (Lipinski definition) is 3. The molecule has 3 heterocycles. The summed E-state index contributed by atoms with van der Waals surface area (Å²) < 4.78 is 2.17. The third kappa shape index (κ3) is 4.24. The zero-order chi connectivity index (χ0) is 21.9. The highest BCUT2D eigenvalue weighted by atomic mass is 15.3. The summed E-state index contributed by atoms with van der Waals surface area (Å²) >= 11 is 0. The van der Waals surface area contributed by atoms with Gasteiger partial charge in [0.25, 0.3) is 0 Å². The van der Waals surface area contributed by atoms with Gasteiger partial charge in [0.05, 0.1) is 17.6 Å². The first-order valence-electron chi connectivity index (χ1n) is 11.9. The maximum Gasteiger partial charge on any atom is 0.194 e. The number of nitrogens with one attached hydrogen (secondary N) is 1. The highest BCUT2D eigenvalue weighted by molar-refractivity contribution is 5.80. The second-order valence-corrected chi connectivity index (χ2v) is 9.14. The Labute approximate surface area is 191 Å². The minimum atomic E-state index is 0.679. The van der Waals surface area contributed by atoms with Gasteiger partial charge in [0.1, 0.15) is 5.82 Å². The van der Waals surface area contributed by atoms with Crippen molar-refractivity contribution in [2.75, 3.05) is 26.7 Å². The van der Waals surface area contributed by atoms with E-state index in [0.29, 0.717) is 18.5 Å². The van der Waals surface area contributed by atoms with Gasteiger partial charge >= 0.3 is 0 Å². The Morgan fingerprint density at radius 3 is 2.69 bits per heavy atom. The number of benzene rings is 2. The molecule has 2 fully saturated rings. The molecule has 168 valence electrons. The number of likely N-dealkylation sites (tertiary alicyclic amines) is 2. The molecule has 2 saturated heterocycles. The molecule has 2 aliphatic rings. The SMILES string of the molecule is CN=C(NCc1nc2ccccc2n1C)N1CCC2C(CCCN2Cc2ccccc2)C1. The summed E-state index contributed by atoms with van der Waals surface area (Å²) in [5.41, 5.74) is 3.64. The lowest BCUT2D eigenvalue weighted by molar-refractivity contribution is 0.0372. The molecule has 6 heteroatoms. The number of hydrogen-bond donors (Lipinski definition) is 1. The molecular formula is C26H34N6. The first-order valence-corrected chi connectivity index (χ1v) is 11.9. The molecule has 0 aliphatic carbocycles. The topological polar surface area (TPSA) is 48.7 Å². The van der Waals surface area contributed by atoms with Gasteiger partial charge in [-0.05, 0) is 49.4 Å². The molecule has 1 N–H and O–H groups in total. The average molecular weight is 431 g/mol. The van der Waals surface area contributed by atoms with E-state index in [0.717, 1.165) is 36.9 Å². The first kappa shape index (κ1) is 21.0. The van der Waals surface area contributed by atoms with Gasteiger partial charge < -0.3 is 14.8 Å². The summed E-state index contributed by atoms with van der Waals surface area (Å²) in [5.74, 6) is 2.74. The molecule has 2 aliphatic heterocycles. The van der Waals surface area contributed by atoms with E-state index in [1.807, 2.05) is 13.1 Å². The molecule has 5 rings (SSSR count). The van der Waals surface area contributed by atoms with Gasteiger partial charge in [-0.15, -0.1) is 0 Å². The van der Waals surface area contributed by atoms with Crippen molar-refractivity contribution in [1.29, 1.82) is 0 Å². The molecule has 2 aromatic carbocycles. The summed E-state index contributed by atoms with van der Waals surface area (Å²) in [4.78, 5) is 14.6. The summed E-state index contributed by atoms with van der Waals surface area (Å²) in [7, 11) is 3.98. The minimum Gasteiger partial charge on any atom is -0.349 e. The fourth-order valence-corrected chi connectivity index (χ4v) is 5.56. The lowest BCUT2D eigenvalue weighted by atomic mass is 9.83. The predicted molar refractivity (Wildman–Crippen MR) is 130 cm³/mol. The lowest BCUT2D eigenvalue weighted by Gasteiger charge is -2.48. The Morgan fingerprint density at radius 1 is 1.06 bits per heavy atom. The summed E-state index contributed by atoms with van der Waals surface area (Å²) in [6.45, 7) is 5.10. The number of para-hydroxylation sites is 2. The zero-order valence-electron chi connectivity index (χ0n) is 19.2. The van der Waals surface area contributed by atoms with E-state index in [1.165, 1.54) is 36.9 Å². The smallest absolute Gasteiger partial charge is 0.194 e. The molecule has 2 atom stereocenters. The maximum absolute atomic E-state index is 4.80. The van der Waals surface area contributed by atoms with Crippen molar-refractivity contribution in [3.05, 3.63) is 66.0 Å². The molecule has 0 spiro atoms. The molecule has 2 unspecified atom stereocenters. The van der Waals surface area contributed by atoms with Crippen LogP contribution in [0, 0.1) is 5.92 Å². The Morgan fingerprint density at radius 2 is 1.88 bits per heavy atom. The van der Waals surface area contributed by atoms with Crippen LogP contribution in [0.2, 0.25) is 0 Å². The van der Waals surface area contributed by atoms with E-state index in [-0.39, 0.29) is 0 Å². The van der Waals surface area contributed by atoms with Crippen LogP contribution in [0.25, 0.3) is 11.0 Å². The summed E-state index contributed by atoms with van der Waals surface area (Å²) in [6.07, 6.45) is 3.80. The number of aryl methyl sites for hydroxylation is 1. The molecule has 0 saturated carbocycles. The lowest BCUT2D eigenvalue weighted by Crippen LogP contribution is -2.56. The highest BCUT2D eigenvalue weighted by Gasteiger charge is 2.36. The van der Waals surface area contributed by atoms with E-state index < -0.39 is 0 Å². The van der Waals surface area contributed by atoms with Crippen LogP contribution in [0.3, 0.4) is 0 Å². The van der Waals surface area contributed by atoms with Crippen molar-refractivity contribution < 1.29 is 0 Å². The van der Waals surface area contributed by atoms with Gasteiger partial charge in [0, 0.05) is 39.8 Å². The van der Waals surface area contributed by atoms with Gasteiger partial charge in [-0.25, -0.2) is 4.98 Å². The van der Waals surface area contributed by atoms with Crippen LogP contribution in [0.4, 0.5) is 0 Å². The third-order valence-electron chi connectivity index (χ3n) is 7.21. The van der Waals surface area contributed by atoms with Crippen molar-refractivity contribution in [3.63, 3.8) is 0 Å². The second kappa shape index (κ2) is 9.33. The van der Waals surface area contributed by atoms with Gasteiger partial charge in [-0.1, -0.05) is 42.5 Å². The van der Waals surface area contributed by atoms with E-state index in [2.05, 4.69) is 80.3 Å². The van der Waals surface area contributed by atoms with Crippen LogP contribution in [0.15, 0.2) is 59.6 Å². The number of nitrogens with zero attached hydrogens (tertiary/aromatic N) is 5. The van der Waals surface area contributed by atoms with Crippen molar-refractivity contribution in [3.8, 4) is 0 Å². The van der Waals surface area contributed by atoms with E-state index in [9.17, 15) is 0 Å². The molecule has 0 amide bonds. The molecule has 1 aromatic heterocycles. The van der Waals surface area contributed by atoms with Gasteiger partial charge in [0.15, 0.2) is 5.96 Å². The van der Waals surface area contributed by atoms with Gasteiger partial charge in [-0.3, -0.25) is 9.89 Å². The summed E-state index contributed by atoms with van der Waals surface area (Å²) in [5, 5.41) is 3.58. The van der Waals surface area contributed by atoms with Crippen molar-refractivity contribution in [2.24, 2.45) is 18.0 Å². The molecular weight excluding hydrogens is 396 g/mol. The minimum absolute atomic E-state index is 0.679. The Bertz CT molecular complexity index is 1070. The van der Waals surface area contributed by atoms with Crippen molar-refractivity contribution in [2.45, 2.75) is 38.4 Å². The third-order valence-corrected chi connectivity index (χ3v) is 7.21. The van der Waals surface area contributed by atoms with E-state index in [1.54, 1.807) is 0 Å². The normalized spacial score (nSPS) is 22.2. The van der Waals surface area contributed by atoms with Crippen LogP contribution in [-0.4, -0.2) is 58.0 Å². The van der Waals surface area contributed by atoms with E-state index in [4.69, 9.17) is 4.98 Å². The number of rotatable bonds is 4. The Kier molecular flexibility index (Phi) is 6.12. The number of aliphatic imine (C=N–C) groups is 1. The highest BCUT2D eigenvalue weighted by Crippen LogP contribution is 2.31. The fraction of sp³-hybridized carbons (Fsp3) is 0.462. The monoisotopic (exact) mass is 430 g/mol. The molecule has 32 heavy (non-hydrogen) atoms. The largest absolute Gasteiger partial charge is 0.349 e. The van der Waals surface area contributed by atoms with Gasteiger partial charge in [0.2, 0.25) is 0 Å². The number of fused-ring (bicyclic) bond motifs is 2. The van der Waals surface area contributed by atoms with Crippen LogP contribution in [0.1, 0.15) is 30.7 Å². The van der Waals surface area contributed by atoms with Crippen molar-refractivity contribution in [1.82, 2.24) is 24.7 Å². The number of aromatic nitrogens is 2. The molecule has 0 radical (unpaired) electrons. The predicted octanol–water partition coefficient (Wildman–Crippen LogP) is 3.64. The zero-order valence-corrected chi connectivity index (χ0v) is 19.2. The van der Waals surface area contributed by atoms with Crippen molar-refractivity contribution >= 4 is 17.0 Å². The van der Waals surface area contributed by atoms with Crippen LogP contribution in [0.5, 0.6) is 0 Å². The Balaban J connectivity index is 1.22. The fourth-order valence-electron chi connectivity index (χ4n) is 5.56. The van der Waals surface area contributed by atoms with Gasteiger partial charge in [-0.2, -0.15) is 0 Å². The number of imidazole rings is 1. The average Bonchev–Trinajstić information content (AvgIpc) is 3.16. The molecule has 3 aromatic rings. The van der Waals surface area contributed by atoms with Crippen LogP contribution >= 0.6 is 0 Å². The summed E-state index contributed by atoms with van der Waals surface area (Å²) in [6, 6.07) is 19.9. The Hall–Kier alpha value is -2.86. The molecule has 6 nitrogen and oxygen atoms in total. The number of piperidine rings is 2. The van der Waals surface area contributed by atoms with E-state index >= 15 is 0 Å². The standard InChI is InChI=1S/C26H34N6/c1-27-26(28-17-25-29-22-12-6-7-13-24(22)30(25)2)32-16-14-23-21(19-32)11-8-15-31(23)18-20-9-4-3-5-10-20/h3-7,9-10,12-13,21,23H,8,11,14-19H2,1-2H3,(H,27,28). The number of guanidine groups is 1.